The molecule has 0 radical (unpaired) electrons. The molecule has 0 amide bonds. The molecule has 5 nitrogen and oxygen atoms in total. The Kier molecular flexibility index (Phi) is 7.59. The lowest BCUT2D eigenvalue weighted by Gasteiger charge is -2.15. The second-order valence-corrected chi connectivity index (χ2v) is 14.0. The maximum atomic E-state index is 5.12. The second kappa shape index (κ2) is 13.0. The van der Waals surface area contributed by atoms with Gasteiger partial charge in [0, 0.05) is 39.2 Å². The predicted molar refractivity (Wildman–Crippen MR) is 218 cm³/mol. The minimum atomic E-state index is 0.602. The third-order valence-electron chi connectivity index (χ3n) is 9.56. The number of nitrogens with zero attached hydrogens (tertiary/aromatic N) is 5. The van der Waals surface area contributed by atoms with Crippen molar-refractivity contribution in [2.75, 3.05) is 0 Å². The van der Waals surface area contributed by atoms with E-state index in [0.29, 0.717) is 17.5 Å². The maximum absolute atomic E-state index is 5.12. The van der Waals surface area contributed by atoms with Crippen LogP contribution in [0.25, 0.3) is 98.9 Å². The van der Waals surface area contributed by atoms with Gasteiger partial charge < -0.3 is 0 Å². The van der Waals surface area contributed by atoms with E-state index in [2.05, 4.69) is 97.1 Å². The molecule has 0 atom stereocenters. The van der Waals surface area contributed by atoms with E-state index >= 15 is 0 Å². The SMILES string of the molecule is c1ccc(-c2nc(-c3ccccc3)nc(-c3cc(-c4ccc5sc(-c6ccccc6)nc5c4)cc(-c4cc5ccccc5c5ncccc45)c3)n2)cc1. The molecule has 0 saturated carbocycles. The lowest BCUT2D eigenvalue weighted by Crippen LogP contribution is -2.00. The summed E-state index contributed by atoms with van der Waals surface area (Å²) in [6.07, 6.45) is 1.87. The van der Waals surface area contributed by atoms with E-state index < -0.39 is 0 Å². The first-order valence-corrected chi connectivity index (χ1v) is 18.3. The maximum Gasteiger partial charge on any atom is 0.164 e. The van der Waals surface area contributed by atoms with Crippen molar-refractivity contribution in [3.8, 4) is 67.0 Å². The number of fused-ring (bicyclic) bond motifs is 4. The third kappa shape index (κ3) is 5.81. The Bertz CT molecular complexity index is 2880. The molecule has 0 unspecified atom stereocenters. The predicted octanol–water partition coefficient (Wildman–Crippen LogP) is 12.2. The average molecular weight is 696 g/mol. The summed E-state index contributed by atoms with van der Waals surface area (Å²) < 4.78 is 1.15. The molecular weight excluding hydrogens is 667 g/mol. The van der Waals surface area contributed by atoms with Gasteiger partial charge in [0.2, 0.25) is 0 Å². The molecule has 0 spiro atoms. The van der Waals surface area contributed by atoms with E-state index in [1.165, 1.54) is 0 Å². The molecular formula is C47H29N5S. The van der Waals surface area contributed by atoms with Gasteiger partial charge in [-0.15, -0.1) is 11.3 Å². The highest BCUT2D eigenvalue weighted by Gasteiger charge is 2.17. The topological polar surface area (TPSA) is 64.5 Å². The summed E-state index contributed by atoms with van der Waals surface area (Å²) in [5.41, 5.74) is 10.1. The van der Waals surface area contributed by atoms with Crippen molar-refractivity contribution in [3.05, 3.63) is 176 Å². The minimum Gasteiger partial charge on any atom is -0.256 e. The van der Waals surface area contributed by atoms with E-state index in [0.717, 1.165) is 81.4 Å². The molecule has 0 saturated heterocycles. The second-order valence-electron chi connectivity index (χ2n) is 12.9. The molecule has 7 aromatic carbocycles. The highest BCUT2D eigenvalue weighted by molar-refractivity contribution is 7.21. The number of aromatic nitrogens is 5. The Morgan fingerprint density at radius 2 is 0.962 bits per heavy atom. The molecule has 248 valence electrons. The van der Waals surface area contributed by atoms with Crippen LogP contribution in [0.4, 0.5) is 0 Å². The highest BCUT2D eigenvalue weighted by atomic mass is 32.1. The summed E-state index contributed by atoms with van der Waals surface area (Å²) in [5.74, 6) is 1.85. The Hall–Kier alpha value is -6.89. The van der Waals surface area contributed by atoms with Crippen LogP contribution in [0.2, 0.25) is 0 Å². The lowest BCUT2D eigenvalue weighted by molar-refractivity contribution is 1.07. The Balaban J connectivity index is 1.22. The largest absolute Gasteiger partial charge is 0.256 e. The molecule has 0 bridgehead atoms. The molecule has 0 aliphatic carbocycles. The minimum absolute atomic E-state index is 0.602. The number of thiazole rings is 1. The van der Waals surface area contributed by atoms with Crippen molar-refractivity contribution in [3.63, 3.8) is 0 Å². The van der Waals surface area contributed by atoms with E-state index in [9.17, 15) is 0 Å². The monoisotopic (exact) mass is 695 g/mol. The molecule has 0 fully saturated rings. The van der Waals surface area contributed by atoms with Crippen LogP contribution in [0.5, 0.6) is 0 Å². The Morgan fingerprint density at radius 3 is 1.68 bits per heavy atom. The molecule has 10 rings (SSSR count). The zero-order chi connectivity index (χ0) is 35.1. The fourth-order valence-electron chi connectivity index (χ4n) is 6.98. The average Bonchev–Trinajstić information content (AvgIpc) is 3.68. The number of pyridine rings is 1. The molecule has 0 aliphatic rings. The van der Waals surface area contributed by atoms with Gasteiger partial charge in [-0.2, -0.15) is 0 Å². The zero-order valence-electron chi connectivity index (χ0n) is 28.4. The van der Waals surface area contributed by atoms with E-state index in [1.807, 2.05) is 79.0 Å². The summed E-state index contributed by atoms with van der Waals surface area (Å²) in [4.78, 5) is 25.1. The van der Waals surface area contributed by atoms with Crippen molar-refractivity contribution in [2.45, 2.75) is 0 Å². The van der Waals surface area contributed by atoms with Crippen LogP contribution in [0.3, 0.4) is 0 Å². The Labute approximate surface area is 310 Å². The molecule has 3 aromatic heterocycles. The van der Waals surface area contributed by atoms with Crippen molar-refractivity contribution >= 4 is 43.2 Å². The van der Waals surface area contributed by atoms with Gasteiger partial charge in [-0.3, -0.25) is 4.98 Å². The van der Waals surface area contributed by atoms with Gasteiger partial charge in [-0.25, -0.2) is 19.9 Å². The first kappa shape index (κ1) is 30.9. The van der Waals surface area contributed by atoms with Crippen molar-refractivity contribution < 1.29 is 0 Å². The summed E-state index contributed by atoms with van der Waals surface area (Å²) in [5, 5.41) is 4.36. The number of hydrogen-bond donors (Lipinski definition) is 0. The summed E-state index contributed by atoms with van der Waals surface area (Å²) in [6, 6.07) is 58.7. The number of hydrogen-bond acceptors (Lipinski definition) is 6. The van der Waals surface area contributed by atoms with E-state index in [4.69, 9.17) is 24.9 Å². The molecule has 0 N–H and O–H groups in total. The third-order valence-corrected chi connectivity index (χ3v) is 10.6. The quantitative estimate of drug-likeness (QED) is 0.162. The molecule has 53 heavy (non-hydrogen) atoms. The van der Waals surface area contributed by atoms with Crippen molar-refractivity contribution in [1.29, 1.82) is 0 Å². The smallest absolute Gasteiger partial charge is 0.164 e. The van der Waals surface area contributed by atoms with Crippen LogP contribution >= 0.6 is 11.3 Å². The zero-order valence-corrected chi connectivity index (χ0v) is 29.2. The van der Waals surface area contributed by atoms with Crippen LogP contribution in [0.15, 0.2) is 176 Å². The van der Waals surface area contributed by atoms with Gasteiger partial charge in [-0.1, -0.05) is 127 Å². The van der Waals surface area contributed by atoms with Crippen molar-refractivity contribution in [2.24, 2.45) is 0 Å². The normalized spacial score (nSPS) is 11.4. The van der Waals surface area contributed by atoms with Crippen LogP contribution in [-0.4, -0.2) is 24.9 Å². The number of rotatable bonds is 6. The van der Waals surface area contributed by atoms with E-state index in [-0.39, 0.29) is 0 Å². The van der Waals surface area contributed by atoms with Gasteiger partial charge in [0.1, 0.15) is 5.01 Å². The van der Waals surface area contributed by atoms with Crippen LogP contribution in [0.1, 0.15) is 0 Å². The van der Waals surface area contributed by atoms with Crippen LogP contribution in [-0.2, 0) is 0 Å². The fourth-order valence-corrected chi connectivity index (χ4v) is 7.93. The Morgan fingerprint density at radius 1 is 0.377 bits per heavy atom. The molecule has 10 aromatic rings. The summed E-state index contributed by atoms with van der Waals surface area (Å²) in [6.45, 7) is 0. The van der Waals surface area contributed by atoms with Crippen LogP contribution in [0, 0.1) is 0 Å². The van der Waals surface area contributed by atoms with Crippen molar-refractivity contribution in [1.82, 2.24) is 24.9 Å². The lowest BCUT2D eigenvalue weighted by atomic mass is 9.91. The van der Waals surface area contributed by atoms with Gasteiger partial charge in [0.05, 0.1) is 15.7 Å². The number of benzene rings is 7. The van der Waals surface area contributed by atoms with Gasteiger partial charge in [0.15, 0.2) is 17.5 Å². The fraction of sp³-hybridized carbons (Fsp3) is 0. The van der Waals surface area contributed by atoms with E-state index in [1.54, 1.807) is 11.3 Å². The molecule has 0 aliphatic heterocycles. The summed E-state index contributed by atoms with van der Waals surface area (Å²) in [7, 11) is 0. The van der Waals surface area contributed by atoms with Gasteiger partial charge in [0.25, 0.3) is 0 Å². The van der Waals surface area contributed by atoms with Gasteiger partial charge in [-0.05, 0) is 70.1 Å². The first-order valence-electron chi connectivity index (χ1n) is 17.5. The first-order chi connectivity index (χ1) is 26.2. The molecule has 3 heterocycles. The summed E-state index contributed by atoms with van der Waals surface area (Å²) >= 11 is 1.71. The molecule has 6 heteroatoms. The van der Waals surface area contributed by atoms with Crippen LogP contribution < -0.4 is 0 Å². The highest BCUT2D eigenvalue weighted by Crippen LogP contribution is 2.40. The standard InChI is InChI=1S/C47H29N5S/c1-4-13-30(14-5-1)44-50-45(31-15-6-2-7-16-31)52-46(51-44)37-26-35(33-22-23-42-41(29-33)49-47(53-42)32-17-8-3-9-18-32)25-36(27-37)40-28-34-19-10-11-20-38(34)43-39(40)21-12-24-48-43/h1-29H. The van der Waals surface area contributed by atoms with Gasteiger partial charge >= 0.3 is 0 Å².